The van der Waals surface area contributed by atoms with Gasteiger partial charge in [-0.3, -0.25) is 10.1 Å². The topological polar surface area (TPSA) is 121 Å². The number of halogens is 3. The van der Waals surface area contributed by atoms with E-state index < -0.39 is 24.1 Å². The van der Waals surface area contributed by atoms with Crippen molar-refractivity contribution in [3.63, 3.8) is 0 Å². The number of aliphatic hydroxyl groups is 1. The predicted octanol–water partition coefficient (Wildman–Crippen LogP) is 3.05. The van der Waals surface area contributed by atoms with Gasteiger partial charge in [0.1, 0.15) is 5.75 Å². The molecule has 1 aromatic carbocycles. The largest absolute Gasteiger partial charge is 0.573 e. The van der Waals surface area contributed by atoms with E-state index in [0.29, 0.717) is 26.2 Å². The number of hydrogen-bond donors (Lipinski definition) is 4. The number of rotatable bonds is 11. The number of carbonyl (C=O) groups excluding carboxylic acids is 2. The molecule has 3 amide bonds. The molecule has 13 heteroatoms. The van der Waals surface area contributed by atoms with Crippen LogP contribution in [-0.2, 0) is 6.54 Å². The molecule has 4 N–H and O–H groups in total. The Morgan fingerprint density at radius 3 is 2.46 bits per heavy atom. The van der Waals surface area contributed by atoms with Gasteiger partial charge in [0.2, 0.25) is 5.82 Å². The highest BCUT2D eigenvalue weighted by atomic mass is 19.4. The van der Waals surface area contributed by atoms with Gasteiger partial charge in [-0.25, -0.2) is 9.78 Å². The average molecular weight is 499 g/mol. The maximum absolute atomic E-state index is 12.7. The minimum Gasteiger partial charge on any atom is -0.406 e. The van der Waals surface area contributed by atoms with E-state index in [0.717, 1.165) is 17.7 Å². The molecule has 35 heavy (non-hydrogen) atoms. The van der Waals surface area contributed by atoms with Gasteiger partial charge in [0, 0.05) is 38.1 Å². The summed E-state index contributed by atoms with van der Waals surface area (Å²) < 4.78 is 42.2. The van der Waals surface area contributed by atoms with Crippen LogP contribution >= 0.6 is 0 Å². The van der Waals surface area contributed by atoms with Gasteiger partial charge >= 0.3 is 12.4 Å². The van der Waals surface area contributed by atoms with Crippen LogP contribution in [0, 0.1) is 0 Å². The van der Waals surface area contributed by atoms with Gasteiger partial charge in [-0.2, -0.15) is 0 Å². The fraction of sp³-hybridized carbons (Fsp3) is 0.409. The number of nitrogens with zero attached hydrogens (tertiary/aromatic N) is 3. The molecule has 1 aromatic heterocycles. The molecule has 0 spiro atoms. The summed E-state index contributed by atoms with van der Waals surface area (Å²) in [6.45, 7) is 5.53. The molecule has 10 nitrogen and oxygen atoms in total. The Morgan fingerprint density at radius 2 is 1.86 bits per heavy atom. The van der Waals surface area contributed by atoms with Gasteiger partial charge in [0.05, 0.1) is 6.61 Å². The summed E-state index contributed by atoms with van der Waals surface area (Å²) in [5.41, 5.74) is 1.26. The number of carbonyl (C=O) groups is 2. The van der Waals surface area contributed by atoms with Crippen molar-refractivity contribution in [2.45, 2.75) is 26.8 Å². The van der Waals surface area contributed by atoms with Crippen LogP contribution in [0.2, 0.25) is 0 Å². The monoisotopic (exact) mass is 498 g/mol. The number of anilines is 2. The second-order valence-electron chi connectivity index (χ2n) is 7.82. The SMILES string of the molecule is CC(C)=CCn1cc(NC(=O)Nc2ccc(OC(F)(F)F)cc2)nc1C(=O)NCCN(C)CCO. The Morgan fingerprint density at radius 1 is 1.17 bits per heavy atom. The van der Waals surface area contributed by atoms with Crippen molar-refractivity contribution in [2.75, 3.05) is 43.9 Å². The summed E-state index contributed by atoms with van der Waals surface area (Å²) >= 11 is 0. The zero-order valence-corrected chi connectivity index (χ0v) is 19.6. The van der Waals surface area contributed by atoms with Gasteiger partial charge in [-0.05, 0) is 45.2 Å². The van der Waals surface area contributed by atoms with Crippen LogP contribution in [0.3, 0.4) is 0 Å². The van der Waals surface area contributed by atoms with E-state index in [-0.39, 0.29) is 23.9 Å². The number of allylic oxidation sites excluding steroid dienone is 2. The second-order valence-corrected chi connectivity index (χ2v) is 7.82. The predicted molar refractivity (Wildman–Crippen MR) is 124 cm³/mol. The van der Waals surface area contributed by atoms with Crippen molar-refractivity contribution in [3.8, 4) is 5.75 Å². The van der Waals surface area contributed by atoms with E-state index in [9.17, 15) is 22.8 Å². The fourth-order valence-electron chi connectivity index (χ4n) is 2.82. The highest BCUT2D eigenvalue weighted by molar-refractivity contribution is 5.99. The highest BCUT2D eigenvalue weighted by Gasteiger charge is 2.31. The van der Waals surface area contributed by atoms with Gasteiger partial charge in [-0.15, -0.1) is 13.2 Å². The Balaban J connectivity index is 2.04. The minimum atomic E-state index is -4.81. The molecular weight excluding hydrogens is 469 g/mol. The number of amides is 3. The molecule has 0 fully saturated rings. The lowest BCUT2D eigenvalue weighted by atomic mass is 10.3. The lowest BCUT2D eigenvalue weighted by Crippen LogP contribution is -2.35. The highest BCUT2D eigenvalue weighted by Crippen LogP contribution is 2.24. The van der Waals surface area contributed by atoms with Gasteiger partial charge < -0.3 is 29.9 Å². The number of aliphatic hydroxyl groups excluding tert-OH is 1. The number of nitrogens with one attached hydrogen (secondary N) is 3. The van der Waals surface area contributed by atoms with E-state index >= 15 is 0 Å². The molecule has 0 atom stereocenters. The number of urea groups is 1. The molecule has 192 valence electrons. The molecule has 0 radical (unpaired) electrons. The molecule has 1 heterocycles. The molecular formula is C22H29F3N6O4. The van der Waals surface area contributed by atoms with Gasteiger partial charge in [-0.1, -0.05) is 11.6 Å². The maximum atomic E-state index is 12.7. The van der Waals surface area contributed by atoms with Crippen molar-refractivity contribution in [3.05, 3.63) is 47.9 Å². The first-order chi connectivity index (χ1) is 16.5. The fourth-order valence-corrected chi connectivity index (χ4v) is 2.82. The summed E-state index contributed by atoms with van der Waals surface area (Å²) in [4.78, 5) is 31.1. The number of aromatic nitrogens is 2. The number of imidazole rings is 1. The van der Waals surface area contributed by atoms with Crippen molar-refractivity contribution < 1.29 is 32.6 Å². The zero-order chi connectivity index (χ0) is 26.0. The molecule has 0 saturated carbocycles. The normalized spacial score (nSPS) is 11.2. The number of alkyl halides is 3. The molecule has 2 aromatic rings. The standard InChI is InChI=1S/C22H29F3N6O4/c1-15(2)8-10-31-14-18(28-19(31)20(33)26-9-11-30(3)12-13-32)29-21(34)27-16-4-6-17(7-5-16)35-22(23,24)25/h4-8,14,32H,9-13H2,1-3H3,(H,26,33)(H2,27,29,34). The van der Waals surface area contributed by atoms with Gasteiger partial charge in [0.25, 0.3) is 5.91 Å². The van der Waals surface area contributed by atoms with E-state index in [4.69, 9.17) is 5.11 Å². The number of ether oxygens (including phenoxy) is 1. The van der Waals surface area contributed by atoms with Crippen LogP contribution in [0.4, 0.5) is 29.5 Å². The van der Waals surface area contributed by atoms with Crippen molar-refractivity contribution >= 4 is 23.4 Å². The van der Waals surface area contributed by atoms with Crippen molar-refractivity contribution in [2.24, 2.45) is 0 Å². The first-order valence-electron chi connectivity index (χ1n) is 10.7. The smallest absolute Gasteiger partial charge is 0.406 e. The summed E-state index contributed by atoms with van der Waals surface area (Å²) in [5.74, 6) is -0.640. The third-order valence-corrected chi connectivity index (χ3v) is 4.52. The first kappa shape index (κ1) is 27.7. The maximum Gasteiger partial charge on any atom is 0.573 e. The number of likely N-dealkylation sites (N-methyl/N-ethyl adjacent to an activating group) is 1. The van der Waals surface area contributed by atoms with E-state index in [1.807, 2.05) is 31.9 Å². The van der Waals surface area contributed by atoms with Crippen LogP contribution in [0.5, 0.6) is 5.75 Å². The van der Waals surface area contributed by atoms with Crippen LogP contribution in [-0.4, -0.2) is 71.1 Å². The molecule has 0 unspecified atom stereocenters. The molecule has 0 aliphatic heterocycles. The summed E-state index contributed by atoms with van der Waals surface area (Å²) in [5, 5.41) is 16.7. The summed E-state index contributed by atoms with van der Waals surface area (Å²) in [6, 6.07) is 3.94. The summed E-state index contributed by atoms with van der Waals surface area (Å²) in [7, 11) is 1.82. The minimum absolute atomic E-state index is 0.0140. The average Bonchev–Trinajstić information content (AvgIpc) is 3.15. The van der Waals surface area contributed by atoms with Crippen molar-refractivity contribution in [1.82, 2.24) is 19.8 Å². The Bertz CT molecular complexity index is 1020. The molecule has 2 rings (SSSR count). The molecule has 0 saturated heterocycles. The number of hydrogen-bond acceptors (Lipinski definition) is 6. The number of benzene rings is 1. The van der Waals surface area contributed by atoms with Gasteiger partial charge in [0.15, 0.2) is 5.82 Å². The van der Waals surface area contributed by atoms with E-state index in [2.05, 4.69) is 25.7 Å². The molecule has 0 aliphatic rings. The first-order valence-corrected chi connectivity index (χ1v) is 10.7. The van der Waals surface area contributed by atoms with E-state index in [1.54, 1.807) is 4.57 Å². The molecule has 0 bridgehead atoms. The van der Waals surface area contributed by atoms with Crippen molar-refractivity contribution in [1.29, 1.82) is 0 Å². The Labute approximate surface area is 200 Å². The lowest BCUT2D eigenvalue weighted by molar-refractivity contribution is -0.274. The third kappa shape index (κ3) is 10.1. The van der Waals surface area contributed by atoms with E-state index in [1.165, 1.54) is 18.3 Å². The van der Waals surface area contributed by atoms with Crippen LogP contribution in [0.15, 0.2) is 42.1 Å². The second kappa shape index (κ2) is 12.8. The zero-order valence-electron chi connectivity index (χ0n) is 19.6. The Hall–Kier alpha value is -3.58. The summed E-state index contributed by atoms with van der Waals surface area (Å²) in [6.07, 6.45) is -1.41. The quantitative estimate of drug-likeness (QED) is 0.354. The Kier molecular flexibility index (Phi) is 10.1. The van der Waals surface area contributed by atoms with Crippen LogP contribution in [0.25, 0.3) is 0 Å². The van der Waals surface area contributed by atoms with Crippen LogP contribution in [0.1, 0.15) is 24.5 Å². The lowest BCUT2D eigenvalue weighted by Gasteiger charge is -2.15. The third-order valence-electron chi connectivity index (χ3n) is 4.52. The van der Waals surface area contributed by atoms with Crippen LogP contribution < -0.4 is 20.7 Å². The molecule has 0 aliphatic carbocycles.